The van der Waals surface area contributed by atoms with Gasteiger partial charge in [0.05, 0.1) is 91.6 Å². The lowest BCUT2D eigenvalue weighted by molar-refractivity contribution is 1.09. The van der Waals surface area contributed by atoms with Crippen LogP contribution in [0.4, 0.5) is 0 Å². The third-order valence-electron chi connectivity index (χ3n) is 13.5. The van der Waals surface area contributed by atoms with Gasteiger partial charge in [0.15, 0.2) is 0 Å². The molecule has 0 unspecified atom stereocenters. The third-order valence-corrected chi connectivity index (χ3v) is 13.5. The van der Waals surface area contributed by atoms with Crippen molar-refractivity contribution in [2.45, 2.75) is 0 Å². The number of fused-ring (bicyclic) bond motifs is 6. The van der Waals surface area contributed by atoms with E-state index < -0.39 is 0 Å². The molecule has 0 aliphatic carbocycles. The summed E-state index contributed by atoms with van der Waals surface area (Å²) in [6, 6.07) is 75.6. The predicted molar refractivity (Wildman–Crippen MR) is 284 cm³/mol. The highest BCUT2D eigenvalue weighted by Crippen LogP contribution is 2.44. The van der Waals surface area contributed by atoms with Crippen LogP contribution < -0.4 is 0 Å². The van der Waals surface area contributed by atoms with E-state index in [2.05, 4.69) is 123 Å². The van der Waals surface area contributed by atoms with Crippen LogP contribution in [0.1, 0.15) is 27.8 Å². The first-order chi connectivity index (χ1) is 35.4. The quantitative estimate of drug-likeness (QED) is 0.156. The minimum absolute atomic E-state index is 0.477. The van der Waals surface area contributed by atoms with Crippen LogP contribution in [0.2, 0.25) is 0 Å². The molecule has 0 N–H and O–H groups in total. The third kappa shape index (κ3) is 7.17. The first kappa shape index (κ1) is 42.5. The van der Waals surface area contributed by atoms with Crippen LogP contribution in [0.15, 0.2) is 207 Å². The van der Waals surface area contributed by atoms with Gasteiger partial charge in [-0.2, -0.15) is 26.3 Å². The molecule has 0 saturated heterocycles. The van der Waals surface area contributed by atoms with E-state index in [1.807, 2.05) is 91.0 Å². The van der Waals surface area contributed by atoms with Crippen molar-refractivity contribution in [1.29, 1.82) is 26.3 Å². The van der Waals surface area contributed by atoms with Gasteiger partial charge in [0.1, 0.15) is 0 Å². The summed E-state index contributed by atoms with van der Waals surface area (Å²) < 4.78 is 4.52. The Morgan fingerprint density at radius 1 is 0.292 bits per heavy atom. The number of aromatic nitrogens is 3. The Hall–Kier alpha value is -10.8. The highest BCUT2D eigenvalue weighted by molar-refractivity contribution is 6.14. The van der Waals surface area contributed by atoms with E-state index in [0.717, 1.165) is 111 Å². The number of rotatable bonds is 7. The van der Waals surface area contributed by atoms with Crippen LogP contribution >= 0.6 is 0 Å². The smallest absolute Gasteiger partial charge is 0.0998 e. The maximum atomic E-state index is 11.1. The second-order valence-corrected chi connectivity index (χ2v) is 17.6. The number of benzene rings is 9. The van der Waals surface area contributed by atoms with Crippen LogP contribution in [0, 0.1) is 56.7 Å². The van der Waals surface area contributed by atoms with Crippen molar-refractivity contribution in [2.24, 2.45) is 0 Å². The fraction of sp³-hybridized carbons (Fsp3) is 0. The Kier molecular flexibility index (Phi) is 10.3. The molecule has 0 saturated carbocycles. The highest BCUT2D eigenvalue weighted by Gasteiger charge is 2.24. The first-order valence-electron chi connectivity index (χ1n) is 23.1. The highest BCUT2D eigenvalue weighted by atomic mass is 15.1. The molecule has 0 bridgehead atoms. The van der Waals surface area contributed by atoms with Crippen LogP contribution in [0.25, 0.3) is 111 Å². The zero-order valence-electron chi connectivity index (χ0n) is 38.2. The lowest BCUT2D eigenvalue weighted by Crippen LogP contribution is -2.05. The average Bonchev–Trinajstić information content (AvgIpc) is 3.96. The maximum absolute atomic E-state index is 11.1. The molecule has 12 rings (SSSR count). The van der Waals surface area contributed by atoms with Crippen molar-refractivity contribution < 1.29 is 0 Å². The molecule has 0 aliphatic heterocycles. The van der Waals surface area contributed by atoms with E-state index >= 15 is 0 Å². The van der Waals surface area contributed by atoms with Gasteiger partial charge in [-0.1, -0.05) is 72.8 Å². The molecule has 0 aliphatic rings. The summed E-state index contributed by atoms with van der Waals surface area (Å²) in [6.07, 6.45) is 3.47. The summed E-state index contributed by atoms with van der Waals surface area (Å²) in [6.45, 7) is 0. The molecule has 0 atom stereocenters. The zero-order chi connectivity index (χ0) is 48.9. The van der Waals surface area contributed by atoms with Crippen molar-refractivity contribution in [3.8, 4) is 97.4 Å². The van der Waals surface area contributed by atoms with E-state index in [9.17, 15) is 26.3 Å². The van der Waals surface area contributed by atoms with Crippen molar-refractivity contribution in [1.82, 2.24) is 14.1 Å². The molecule has 9 aromatic carbocycles. The number of pyridine rings is 1. The van der Waals surface area contributed by atoms with Gasteiger partial charge in [0, 0.05) is 39.5 Å². The summed E-state index contributed by atoms with van der Waals surface area (Å²) in [4.78, 5) is 4.31. The molecule has 12 aromatic rings. The van der Waals surface area contributed by atoms with Gasteiger partial charge in [0.25, 0.3) is 0 Å². The molecule has 3 aromatic heterocycles. The topological polar surface area (TPSA) is 142 Å². The van der Waals surface area contributed by atoms with Gasteiger partial charge in [-0.05, 0) is 171 Å². The van der Waals surface area contributed by atoms with E-state index in [0.29, 0.717) is 27.8 Å². The molecule has 0 fully saturated rings. The lowest BCUT2D eigenvalue weighted by Gasteiger charge is -2.20. The van der Waals surface area contributed by atoms with Crippen LogP contribution in [-0.2, 0) is 0 Å². The zero-order valence-corrected chi connectivity index (χ0v) is 38.2. The average molecular weight is 915 g/mol. The van der Waals surface area contributed by atoms with E-state index in [1.165, 1.54) is 0 Å². The summed E-state index contributed by atoms with van der Waals surface area (Å²) in [5, 5.41) is 54.4. The van der Waals surface area contributed by atoms with Gasteiger partial charge in [0.2, 0.25) is 0 Å². The minimum atomic E-state index is 0.477. The second-order valence-electron chi connectivity index (χ2n) is 17.6. The number of hydrogen-bond acceptors (Lipinski definition) is 6. The molecule has 3 heterocycles. The molecule has 330 valence electrons. The van der Waals surface area contributed by atoms with Gasteiger partial charge >= 0.3 is 0 Å². The maximum Gasteiger partial charge on any atom is 0.0998 e. The Balaban J connectivity index is 1.20. The van der Waals surface area contributed by atoms with Gasteiger partial charge < -0.3 is 9.13 Å². The predicted octanol–water partition coefficient (Wildman–Crippen LogP) is 15.0. The fourth-order valence-electron chi connectivity index (χ4n) is 10.2. The Morgan fingerprint density at radius 2 is 0.611 bits per heavy atom. The largest absolute Gasteiger partial charge is 0.307 e. The second kappa shape index (κ2) is 17.4. The Bertz CT molecular complexity index is 4230. The lowest BCUT2D eigenvalue weighted by atomic mass is 9.98. The van der Waals surface area contributed by atoms with E-state index in [4.69, 9.17) is 0 Å². The summed E-state index contributed by atoms with van der Waals surface area (Å²) >= 11 is 0. The van der Waals surface area contributed by atoms with Crippen molar-refractivity contribution in [3.05, 3.63) is 234 Å². The molecule has 8 heteroatoms. The van der Waals surface area contributed by atoms with Gasteiger partial charge in [-0.15, -0.1) is 0 Å². The van der Waals surface area contributed by atoms with Crippen molar-refractivity contribution in [3.63, 3.8) is 0 Å². The fourth-order valence-corrected chi connectivity index (χ4v) is 10.2. The van der Waals surface area contributed by atoms with Crippen molar-refractivity contribution in [2.75, 3.05) is 0 Å². The van der Waals surface area contributed by atoms with Crippen LogP contribution in [-0.4, -0.2) is 14.1 Å². The number of hydrogen-bond donors (Lipinski definition) is 0. The van der Waals surface area contributed by atoms with E-state index in [-0.39, 0.29) is 0 Å². The standard InChI is InChI=1S/C64H34N8/c65-35-40-5-1-9-45(25-40)49-13-17-59-55(29-49)56-30-50(46-10-2-6-41(26-46)36-66)14-18-60(56)71(59)63-33-53(39-69)54(44-21-23-70-24-22-44)34-64(63)72-61-19-15-51(47-11-3-7-42(27-47)37-67)31-57(61)58-32-52(16-20-62(58)72)48-12-4-8-43(28-48)38-68/h1-34H. The normalized spacial score (nSPS) is 11.0. The molecule has 0 radical (unpaired) electrons. The molecule has 0 amide bonds. The monoisotopic (exact) mass is 914 g/mol. The van der Waals surface area contributed by atoms with Crippen LogP contribution in [0.5, 0.6) is 0 Å². The molecule has 8 nitrogen and oxygen atoms in total. The summed E-state index contributed by atoms with van der Waals surface area (Å²) in [7, 11) is 0. The number of nitrogens with zero attached hydrogens (tertiary/aromatic N) is 8. The SMILES string of the molecule is N#Cc1cccc(-c2ccc3c(c2)c2cc(-c4cccc(C#N)c4)ccc2n3-c2cc(C#N)c(-c3ccncc3)cc2-n2c3ccc(-c4cccc(C#N)c4)cc3c3cc(-c4cccc(C#N)c4)ccc32)c1. The van der Waals surface area contributed by atoms with Crippen LogP contribution in [0.3, 0.4) is 0 Å². The minimum Gasteiger partial charge on any atom is -0.307 e. The first-order valence-corrected chi connectivity index (χ1v) is 23.1. The Morgan fingerprint density at radius 3 is 0.931 bits per heavy atom. The van der Waals surface area contributed by atoms with Gasteiger partial charge in [-0.25, -0.2) is 0 Å². The summed E-state index contributed by atoms with van der Waals surface area (Å²) in [5.41, 5.74) is 16.9. The molecule has 72 heavy (non-hydrogen) atoms. The Labute approximate surface area is 413 Å². The summed E-state index contributed by atoms with van der Waals surface area (Å²) in [5.74, 6) is 0. The molecular formula is C64H34N8. The molecular weight excluding hydrogens is 881 g/mol. The molecule has 0 spiro atoms. The van der Waals surface area contributed by atoms with Crippen molar-refractivity contribution >= 4 is 43.6 Å². The number of nitriles is 5. The van der Waals surface area contributed by atoms with E-state index in [1.54, 1.807) is 36.7 Å². The van der Waals surface area contributed by atoms with Gasteiger partial charge in [-0.3, -0.25) is 4.98 Å².